The highest BCUT2D eigenvalue weighted by Gasteiger charge is 2.07. The van der Waals surface area contributed by atoms with Crippen molar-refractivity contribution in [2.75, 3.05) is 6.61 Å². The van der Waals surface area contributed by atoms with Crippen LogP contribution >= 0.6 is 11.6 Å². The number of nitrogens with zero attached hydrogens (tertiary/aromatic N) is 1. The van der Waals surface area contributed by atoms with Crippen LogP contribution < -0.4 is 0 Å². The normalized spacial score (nSPS) is 10.0. The second kappa shape index (κ2) is 6.40. The molecule has 0 aromatic carbocycles. The first-order chi connectivity index (χ1) is 7.24. The van der Waals surface area contributed by atoms with Crippen LogP contribution in [0.3, 0.4) is 0 Å². The van der Waals surface area contributed by atoms with Gasteiger partial charge in [0, 0.05) is 11.8 Å². The van der Waals surface area contributed by atoms with Gasteiger partial charge in [-0.15, -0.1) is 0 Å². The van der Waals surface area contributed by atoms with Crippen molar-refractivity contribution in [2.45, 2.75) is 26.2 Å². The van der Waals surface area contributed by atoms with Gasteiger partial charge in [0.05, 0.1) is 13.0 Å². The quantitative estimate of drug-likeness (QED) is 0.441. The largest absolute Gasteiger partial charge is 0.465 e. The van der Waals surface area contributed by atoms with Crippen molar-refractivity contribution in [1.29, 1.82) is 0 Å². The van der Waals surface area contributed by atoms with Crippen molar-refractivity contribution in [3.8, 4) is 0 Å². The highest BCUT2D eigenvalue weighted by atomic mass is 35.5. The van der Waals surface area contributed by atoms with Crippen molar-refractivity contribution >= 4 is 17.6 Å². The van der Waals surface area contributed by atoms with Gasteiger partial charge in [-0.05, 0) is 12.5 Å². The van der Waals surface area contributed by atoms with Crippen LogP contribution in [0.2, 0.25) is 5.15 Å². The summed E-state index contributed by atoms with van der Waals surface area (Å²) in [5, 5.41) is 0.366. The van der Waals surface area contributed by atoms with E-state index in [2.05, 4.69) is 4.98 Å². The van der Waals surface area contributed by atoms with Crippen LogP contribution in [0.4, 0.5) is 0 Å². The number of ether oxygens (including phenoxy) is 1. The predicted octanol–water partition coefficient (Wildman–Crippen LogP) is 2.62. The smallest absolute Gasteiger partial charge is 0.310 e. The van der Waals surface area contributed by atoms with Gasteiger partial charge in [-0.1, -0.05) is 31.0 Å². The molecule has 0 aliphatic heterocycles. The van der Waals surface area contributed by atoms with E-state index in [0.717, 1.165) is 12.8 Å². The molecule has 1 aromatic heterocycles. The molecule has 0 N–H and O–H groups in total. The summed E-state index contributed by atoms with van der Waals surface area (Å²) in [6, 6.07) is 3.52. The number of halogens is 1. The van der Waals surface area contributed by atoms with Gasteiger partial charge in [-0.2, -0.15) is 0 Å². The van der Waals surface area contributed by atoms with Crippen LogP contribution in [0.25, 0.3) is 0 Å². The zero-order chi connectivity index (χ0) is 11.1. The molecule has 1 heterocycles. The average molecular weight is 228 g/mol. The third-order valence-electron chi connectivity index (χ3n) is 1.93. The molecule has 0 amide bonds. The van der Waals surface area contributed by atoms with E-state index in [1.54, 1.807) is 18.3 Å². The van der Waals surface area contributed by atoms with E-state index in [-0.39, 0.29) is 12.4 Å². The van der Waals surface area contributed by atoms with Crippen LogP contribution in [-0.4, -0.2) is 17.6 Å². The van der Waals surface area contributed by atoms with E-state index >= 15 is 0 Å². The van der Waals surface area contributed by atoms with E-state index in [0.29, 0.717) is 17.3 Å². The lowest BCUT2D eigenvalue weighted by molar-refractivity contribution is -0.142. The van der Waals surface area contributed by atoms with Gasteiger partial charge in [0.15, 0.2) is 0 Å². The summed E-state index contributed by atoms with van der Waals surface area (Å²) in [5.41, 5.74) is 0.709. The highest BCUT2D eigenvalue weighted by Crippen LogP contribution is 2.12. The second-order valence-corrected chi connectivity index (χ2v) is 3.56. The zero-order valence-electron chi connectivity index (χ0n) is 8.70. The molecule has 0 radical (unpaired) electrons. The van der Waals surface area contributed by atoms with E-state index in [1.807, 2.05) is 6.92 Å². The predicted molar refractivity (Wildman–Crippen MR) is 58.8 cm³/mol. The Morgan fingerprint density at radius 3 is 3.07 bits per heavy atom. The van der Waals surface area contributed by atoms with Crippen molar-refractivity contribution in [1.82, 2.24) is 4.98 Å². The summed E-state index contributed by atoms with van der Waals surface area (Å²) in [6.07, 6.45) is 3.69. The highest BCUT2D eigenvalue weighted by molar-refractivity contribution is 6.30. The summed E-state index contributed by atoms with van der Waals surface area (Å²) in [4.78, 5) is 15.2. The second-order valence-electron chi connectivity index (χ2n) is 3.20. The van der Waals surface area contributed by atoms with Gasteiger partial charge >= 0.3 is 5.97 Å². The fourth-order valence-corrected chi connectivity index (χ4v) is 1.27. The first kappa shape index (κ1) is 12.0. The molecule has 3 nitrogen and oxygen atoms in total. The number of pyridine rings is 1. The number of hydrogen-bond acceptors (Lipinski definition) is 3. The Hall–Kier alpha value is -1.09. The molecule has 0 saturated heterocycles. The fourth-order valence-electron chi connectivity index (χ4n) is 1.09. The average Bonchev–Trinajstić information content (AvgIpc) is 2.22. The molecule has 1 rings (SSSR count). The number of carbonyl (C=O) groups is 1. The van der Waals surface area contributed by atoms with Crippen molar-refractivity contribution in [3.05, 3.63) is 29.0 Å². The number of carbonyl (C=O) groups excluding carboxylic acids is 1. The molecule has 0 fully saturated rings. The summed E-state index contributed by atoms with van der Waals surface area (Å²) in [6.45, 7) is 2.53. The van der Waals surface area contributed by atoms with Crippen LogP contribution in [0, 0.1) is 0 Å². The summed E-state index contributed by atoms with van der Waals surface area (Å²) in [5.74, 6) is -0.252. The van der Waals surface area contributed by atoms with Gasteiger partial charge < -0.3 is 4.74 Å². The molecule has 15 heavy (non-hydrogen) atoms. The molecule has 0 bridgehead atoms. The molecule has 0 saturated carbocycles. The van der Waals surface area contributed by atoms with Gasteiger partial charge in [-0.25, -0.2) is 4.98 Å². The molecule has 1 aromatic rings. The van der Waals surface area contributed by atoms with Crippen LogP contribution in [0.5, 0.6) is 0 Å². The van der Waals surface area contributed by atoms with Gasteiger partial charge in [0.1, 0.15) is 5.15 Å². The zero-order valence-corrected chi connectivity index (χ0v) is 9.46. The monoisotopic (exact) mass is 227 g/mol. The van der Waals surface area contributed by atoms with Crippen LogP contribution in [0.1, 0.15) is 25.3 Å². The van der Waals surface area contributed by atoms with E-state index < -0.39 is 0 Å². The summed E-state index contributed by atoms with van der Waals surface area (Å²) >= 11 is 5.81. The third-order valence-corrected chi connectivity index (χ3v) is 2.27. The third kappa shape index (κ3) is 4.30. The molecular formula is C11H14ClNO2. The molecule has 0 aliphatic rings. The molecule has 0 spiro atoms. The molecule has 4 heteroatoms. The Kier molecular flexibility index (Phi) is 5.12. The van der Waals surface area contributed by atoms with Crippen molar-refractivity contribution in [3.63, 3.8) is 0 Å². The number of esters is 1. The molecule has 0 aliphatic carbocycles. The van der Waals surface area contributed by atoms with E-state index in [1.165, 1.54) is 0 Å². The van der Waals surface area contributed by atoms with E-state index in [9.17, 15) is 4.79 Å². The SMILES string of the molecule is CCCCOC(=O)Cc1cccnc1Cl. The summed E-state index contributed by atoms with van der Waals surface area (Å²) < 4.78 is 5.02. The number of hydrogen-bond donors (Lipinski definition) is 0. The Morgan fingerprint density at radius 2 is 2.40 bits per heavy atom. The Bertz CT molecular complexity index is 328. The maximum atomic E-state index is 11.3. The van der Waals surface area contributed by atoms with Crippen molar-refractivity contribution in [2.24, 2.45) is 0 Å². The minimum absolute atomic E-state index is 0.191. The molecular weight excluding hydrogens is 214 g/mol. The van der Waals surface area contributed by atoms with Crippen LogP contribution in [0.15, 0.2) is 18.3 Å². The fraction of sp³-hybridized carbons (Fsp3) is 0.455. The number of aromatic nitrogens is 1. The minimum atomic E-state index is -0.252. The summed E-state index contributed by atoms with van der Waals surface area (Å²) in [7, 11) is 0. The first-order valence-corrected chi connectivity index (χ1v) is 5.37. The molecule has 82 valence electrons. The maximum absolute atomic E-state index is 11.3. The minimum Gasteiger partial charge on any atom is -0.465 e. The maximum Gasteiger partial charge on any atom is 0.310 e. The Morgan fingerprint density at radius 1 is 1.60 bits per heavy atom. The van der Waals surface area contributed by atoms with E-state index in [4.69, 9.17) is 16.3 Å². The lowest BCUT2D eigenvalue weighted by Gasteiger charge is -2.04. The van der Waals surface area contributed by atoms with Gasteiger partial charge in [0.25, 0.3) is 0 Å². The van der Waals surface area contributed by atoms with Gasteiger partial charge in [0.2, 0.25) is 0 Å². The first-order valence-electron chi connectivity index (χ1n) is 4.99. The van der Waals surface area contributed by atoms with Crippen molar-refractivity contribution < 1.29 is 9.53 Å². The lowest BCUT2D eigenvalue weighted by Crippen LogP contribution is -2.09. The topological polar surface area (TPSA) is 39.2 Å². The number of rotatable bonds is 5. The molecule has 0 unspecified atom stereocenters. The Labute approximate surface area is 94.4 Å². The Balaban J connectivity index is 2.41. The number of unbranched alkanes of at least 4 members (excludes halogenated alkanes) is 1. The van der Waals surface area contributed by atoms with Gasteiger partial charge in [-0.3, -0.25) is 4.79 Å². The standard InChI is InChI=1S/C11H14ClNO2/c1-2-3-7-15-10(14)8-9-5-4-6-13-11(9)12/h4-6H,2-3,7-8H2,1H3. The molecule has 0 atom stereocenters. The lowest BCUT2D eigenvalue weighted by atomic mass is 10.2. The van der Waals surface area contributed by atoms with Crippen LogP contribution in [-0.2, 0) is 16.0 Å².